The summed E-state index contributed by atoms with van der Waals surface area (Å²) >= 11 is 0. The van der Waals surface area contributed by atoms with Crippen LogP contribution in [0.1, 0.15) is 35.6 Å². The summed E-state index contributed by atoms with van der Waals surface area (Å²) in [5, 5.41) is 2.64. The molecule has 40 heavy (non-hydrogen) atoms. The van der Waals surface area contributed by atoms with Crippen LogP contribution in [0, 0.1) is 0 Å². The summed E-state index contributed by atoms with van der Waals surface area (Å²) in [6.07, 6.45) is 0.955. The number of halogens is 1. The molecule has 0 bridgehead atoms. The van der Waals surface area contributed by atoms with Gasteiger partial charge in [0.15, 0.2) is 0 Å². The Morgan fingerprint density at radius 1 is 0.625 bits per heavy atom. The van der Waals surface area contributed by atoms with E-state index in [1.807, 2.05) is 0 Å². The molecule has 0 fully saturated rings. The van der Waals surface area contributed by atoms with E-state index in [-0.39, 0.29) is 17.0 Å². The molecule has 5 aromatic carbocycles. The maximum absolute atomic E-state index is 6.25. The monoisotopic (exact) mass is 591 g/mol. The standard InChI is InChI=1S/C37H38NO.BrH/c1-4-35(29-14-7-5-8-15-29)37(31-17-9-6-10-18-31)32-22-24-34(25-23-32)39-27-26-38(2,3)28-33-20-13-19-30-16-11-12-21-36(30)33;/h5-25H,4,26-28H2,1-3H3;1H/q+1;/p-1/b37-35-;. The van der Waals surface area contributed by atoms with Crippen LogP contribution in [0.25, 0.3) is 21.9 Å². The third-order valence-electron chi connectivity index (χ3n) is 7.43. The Kier molecular flexibility index (Phi) is 9.98. The van der Waals surface area contributed by atoms with E-state index in [0.717, 1.165) is 29.7 Å². The van der Waals surface area contributed by atoms with Crippen molar-refractivity contribution in [1.29, 1.82) is 0 Å². The molecule has 0 saturated heterocycles. The summed E-state index contributed by atoms with van der Waals surface area (Å²) in [5.74, 6) is 0.911. The topological polar surface area (TPSA) is 9.23 Å². The van der Waals surface area contributed by atoms with Crippen molar-refractivity contribution >= 4 is 21.9 Å². The van der Waals surface area contributed by atoms with Gasteiger partial charge in [-0.3, -0.25) is 0 Å². The Balaban J connectivity index is 0.00000370. The fourth-order valence-corrected chi connectivity index (χ4v) is 5.38. The Morgan fingerprint density at radius 3 is 1.88 bits per heavy atom. The van der Waals surface area contributed by atoms with Crippen molar-refractivity contribution in [2.75, 3.05) is 27.2 Å². The third kappa shape index (κ3) is 7.10. The number of quaternary nitrogens is 1. The first-order valence-electron chi connectivity index (χ1n) is 13.9. The lowest BCUT2D eigenvalue weighted by Crippen LogP contribution is -3.00. The van der Waals surface area contributed by atoms with Crippen molar-refractivity contribution in [3.05, 3.63) is 150 Å². The molecule has 5 rings (SSSR count). The predicted molar refractivity (Wildman–Crippen MR) is 166 cm³/mol. The lowest BCUT2D eigenvalue weighted by atomic mass is 9.88. The van der Waals surface area contributed by atoms with Crippen molar-refractivity contribution in [3.8, 4) is 5.75 Å². The Hall–Kier alpha value is -3.66. The zero-order valence-electron chi connectivity index (χ0n) is 23.7. The van der Waals surface area contributed by atoms with Gasteiger partial charge < -0.3 is 26.2 Å². The third-order valence-corrected chi connectivity index (χ3v) is 7.43. The molecule has 0 amide bonds. The summed E-state index contributed by atoms with van der Waals surface area (Å²) in [6.45, 7) is 4.80. The lowest BCUT2D eigenvalue weighted by Gasteiger charge is -2.30. The van der Waals surface area contributed by atoms with Crippen molar-refractivity contribution < 1.29 is 26.2 Å². The minimum atomic E-state index is 0. The quantitative estimate of drug-likeness (QED) is 0.146. The largest absolute Gasteiger partial charge is 1.00 e. The average Bonchev–Trinajstić information content (AvgIpc) is 2.97. The maximum atomic E-state index is 6.25. The first-order chi connectivity index (χ1) is 19.0. The SMILES string of the molecule is CC/C(=C(\c1ccccc1)c1ccc(OCC[N+](C)(C)Cc2cccc3ccccc23)cc1)c1ccccc1.[Br-]. The number of nitrogens with zero attached hydrogens (tertiary/aromatic N) is 1. The molecule has 0 saturated carbocycles. The number of allylic oxidation sites excluding steroid dienone is 1. The number of likely N-dealkylation sites (N-methyl/N-ethyl adjacent to an activating group) is 1. The Bertz CT molecular complexity index is 1540. The fraction of sp³-hybridized carbons (Fsp3) is 0.189. The summed E-state index contributed by atoms with van der Waals surface area (Å²) in [7, 11) is 4.56. The number of hydrogen-bond donors (Lipinski definition) is 0. The summed E-state index contributed by atoms with van der Waals surface area (Å²) < 4.78 is 7.11. The van der Waals surface area contributed by atoms with Crippen LogP contribution in [0.5, 0.6) is 5.75 Å². The van der Waals surface area contributed by atoms with Gasteiger partial charge in [-0.05, 0) is 57.2 Å². The molecule has 5 aromatic rings. The van der Waals surface area contributed by atoms with Crippen LogP contribution in [-0.4, -0.2) is 31.7 Å². The molecule has 0 N–H and O–H groups in total. The zero-order chi connectivity index (χ0) is 27.1. The summed E-state index contributed by atoms with van der Waals surface area (Å²) in [5.41, 5.74) is 7.73. The molecular weight excluding hydrogens is 554 g/mol. The average molecular weight is 593 g/mol. The minimum absolute atomic E-state index is 0. The molecule has 0 aliphatic rings. The number of fused-ring (bicyclic) bond motifs is 1. The molecule has 2 nitrogen and oxygen atoms in total. The fourth-order valence-electron chi connectivity index (χ4n) is 5.38. The van der Waals surface area contributed by atoms with Gasteiger partial charge in [-0.25, -0.2) is 0 Å². The van der Waals surface area contributed by atoms with Gasteiger partial charge in [-0.2, -0.15) is 0 Å². The van der Waals surface area contributed by atoms with E-state index in [0.29, 0.717) is 6.61 Å². The molecule has 0 unspecified atom stereocenters. The molecule has 0 radical (unpaired) electrons. The van der Waals surface area contributed by atoms with Crippen LogP contribution in [0.4, 0.5) is 0 Å². The highest BCUT2D eigenvalue weighted by atomic mass is 79.9. The van der Waals surface area contributed by atoms with Crippen LogP contribution < -0.4 is 21.7 Å². The van der Waals surface area contributed by atoms with Crippen molar-refractivity contribution in [1.82, 2.24) is 0 Å². The molecule has 3 heteroatoms. The second-order valence-electron chi connectivity index (χ2n) is 10.8. The van der Waals surface area contributed by atoms with E-state index in [1.54, 1.807) is 0 Å². The molecule has 0 aliphatic heterocycles. The minimum Gasteiger partial charge on any atom is -1.00 e. The second kappa shape index (κ2) is 13.6. The number of rotatable bonds is 10. The second-order valence-corrected chi connectivity index (χ2v) is 10.8. The Morgan fingerprint density at radius 2 is 1.20 bits per heavy atom. The van der Waals surface area contributed by atoms with E-state index in [9.17, 15) is 0 Å². The molecule has 0 aliphatic carbocycles. The van der Waals surface area contributed by atoms with Gasteiger partial charge in [-0.15, -0.1) is 0 Å². The molecular formula is C37H38BrNO. The molecule has 0 atom stereocenters. The van der Waals surface area contributed by atoms with Crippen molar-refractivity contribution in [2.24, 2.45) is 0 Å². The van der Waals surface area contributed by atoms with Gasteiger partial charge in [0, 0.05) is 5.56 Å². The number of hydrogen-bond acceptors (Lipinski definition) is 1. The van der Waals surface area contributed by atoms with Crippen molar-refractivity contribution in [2.45, 2.75) is 19.9 Å². The smallest absolute Gasteiger partial charge is 0.137 e. The summed E-state index contributed by atoms with van der Waals surface area (Å²) in [6, 6.07) is 45.3. The zero-order valence-corrected chi connectivity index (χ0v) is 25.3. The van der Waals surface area contributed by atoms with E-state index in [4.69, 9.17) is 4.74 Å². The summed E-state index contributed by atoms with van der Waals surface area (Å²) in [4.78, 5) is 0. The van der Waals surface area contributed by atoms with E-state index in [2.05, 4.69) is 148 Å². The van der Waals surface area contributed by atoms with Crippen LogP contribution in [0.3, 0.4) is 0 Å². The van der Waals surface area contributed by atoms with E-state index < -0.39 is 0 Å². The van der Waals surface area contributed by atoms with Gasteiger partial charge in [0.25, 0.3) is 0 Å². The first-order valence-corrected chi connectivity index (χ1v) is 13.9. The van der Waals surface area contributed by atoms with Gasteiger partial charge in [0.2, 0.25) is 0 Å². The molecule has 204 valence electrons. The van der Waals surface area contributed by atoms with Crippen LogP contribution in [0.2, 0.25) is 0 Å². The van der Waals surface area contributed by atoms with Crippen LogP contribution >= 0.6 is 0 Å². The number of benzene rings is 5. The molecule has 0 heterocycles. The van der Waals surface area contributed by atoms with E-state index >= 15 is 0 Å². The lowest BCUT2D eigenvalue weighted by molar-refractivity contribution is -0.903. The highest BCUT2D eigenvalue weighted by Gasteiger charge is 2.18. The van der Waals surface area contributed by atoms with Crippen LogP contribution in [0.15, 0.2) is 127 Å². The highest BCUT2D eigenvalue weighted by Crippen LogP contribution is 2.35. The van der Waals surface area contributed by atoms with Crippen molar-refractivity contribution in [3.63, 3.8) is 0 Å². The maximum Gasteiger partial charge on any atom is 0.137 e. The van der Waals surface area contributed by atoms with E-state index in [1.165, 1.54) is 44.2 Å². The van der Waals surface area contributed by atoms with Gasteiger partial charge >= 0.3 is 0 Å². The van der Waals surface area contributed by atoms with Gasteiger partial charge in [0.1, 0.15) is 25.4 Å². The highest BCUT2D eigenvalue weighted by molar-refractivity contribution is 5.98. The first kappa shape index (κ1) is 29.3. The molecule has 0 spiro atoms. The Labute approximate surface area is 249 Å². The normalized spacial score (nSPS) is 12.0. The number of ether oxygens (including phenoxy) is 1. The predicted octanol–water partition coefficient (Wildman–Crippen LogP) is 5.87. The van der Waals surface area contributed by atoms with Gasteiger partial charge in [-0.1, -0.05) is 122 Å². The molecule has 0 aromatic heterocycles. The van der Waals surface area contributed by atoms with Gasteiger partial charge in [0.05, 0.1) is 14.1 Å². The van der Waals surface area contributed by atoms with Crippen LogP contribution in [-0.2, 0) is 6.54 Å².